The minimum Gasteiger partial charge on any atom is -0.278 e. The van der Waals surface area contributed by atoms with Gasteiger partial charge >= 0.3 is 0 Å². The highest BCUT2D eigenvalue weighted by atomic mass is 79.9. The summed E-state index contributed by atoms with van der Waals surface area (Å²) in [6.45, 7) is 0. The molecule has 0 spiro atoms. The van der Waals surface area contributed by atoms with Gasteiger partial charge in [-0.15, -0.1) is 0 Å². The van der Waals surface area contributed by atoms with Crippen LogP contribution in [-0.4, -0.2) is 8.42 Å². The normalized spacial score (nSPS) is 11.3. The SMILES string of the molecule is O=S(=O)(Nc1ccc(F)cc1Br)c1ccc(Cl)cc1. The maximum Gasteiger partial charge on any atom is 0.261 e. The Morgan fingerprint density at radius 3 is 2.32 bits per heavy atom. The Hall–Kier alpha value is -1.11. The second-order valence-corrected chi connectivity index (χ2v) is 6.66. The molecule has 0 fully saturated rings. The summed E-state index contributed by atoms with van der Waals surface area (Å²) in [7, 11) is -3.73. The molecule has 0 heterocycles. The number of nitrogens with one attached hydrogen (secondary N) is 1. The van der Waals surface area contributed by atoms with Gasteiger partial charge in [-0.1, -0.05) is 11.6 Å². The van der Waals surface area contributed by atoms with Gasteiger partial charge in [0, 0.05) is 9.50 Å². The lowest BCUT2D eigenvalue weighted by atomic mass is 10.3. The zero-order valence-corrected chi connectivity index (χ0v) is 12.6. The summed E-state index contributed by atoms with van der Waals surface area (Å²) in [6.07, 6.45) is 0. The molecule has 19 heavy (non-hydrogen) atoms. The fraction of sp³-hybridized carbons (Fsp3) is 0. The van der Waals surface area contributed by atoms with Crippen LogP contribution in [0.3, 0.4) is 0 Å². The highest BCUT2D eigenvalue weighted by Crippen LogP contribution is 2.26. The van der Waals surface area contributed by atoms with Gasteiger partial charge in [0.05, 0.1) is 10.6 Å². The first-order valence-electron chi connectivity index (χ1n) is 5.12. The number of halogens is 3. The molecular weight excluding hydrogens is 357 g/mol. The number of hydrogen-bond acceptors (Lipinski definition) is 2. The van der Waals surface area contributed by atoms with Crippen molar-refractivity contribution in [2.24, 2.45) is 0 Å². The summed E-state index contributed by atoms with van der Waals surface area (Å²) in [5.41, 5.74) is 0.261. The van der Waals surface area contributed by atoms with Crippen molar-refractivity contribution in [1.29, 1.82) is 0 Å². The molecule has 0 saturated carbocycles. The third kappa shape index (κ3) is 3.46. The number of hydrogen-bond donors (Lipinski definition) is 1. The summed E-state index contributed by atoms with van der Waals surface area (Å²) in [4.78, 5) is 0.0770. The van der Waals surface area contributed by atoms with Gasteiger partial charge < -0.3 is 0 Å². The van der Waals surface area contributed by atoms with Crippen molar-refractivity contribution in [2.45, 2.75) is 4.90 Å². The average Bonchev–Trinajstić information content (AvgIpc) is 2.33. The minimum atomic E-state index is -3.73. The molecule has 0 aromatic heterocycles. The highest BCUT2D eigenvalue weighted by Gasteiger charge is 2.15. The predicted molar refractivity (Wildman–Crippen MR) is 76.4 cm³/mol. The summed E-state index contributed by atoms with van der Waals surface area (Å²) in [5, 5.41) is 0.446. The van der Waals surface area contributed by atoms with E-state index in [1.807, 2.05) is 0 Å². The van der Waals surface area contributed by atoms with E-state index in [9.17, 15) is 12.8 Å². The van der Waals surface area contributed by atoms with Crippen molar-refractivity contribution >= 4 is 43.2 Å². The van der Waals surface area contributed by atoms with E-state index in [-0.39, 0.29) is 10.6 Å². The molecule has 1 N–H and O–H groups in total. The molecule has 0 aliphatic carbocycles. The summed E-state index contributed by atoms with van der Waals surface area (Å²) >= 11 is 8.80. The zero-order valence-electron chi connectivity index (χ0n) is 9.40. The van der Waals surface area contributed by atoms with E-state index in [0.29, 0.717) is 9.50 Å². The molecule has 7 heteroatoms. The summed E-state index contributed by atoms with van der Waals surface area (Å²) in [5.74, 6) is -0.457. The minimum absolute atomic E-state index is 0.0770. The van der Waals surface area contributed by atoms with Gasteiger partial charge in [0.25, 0.3) is 10.0 Å². The van der Waals surface area contributed by atoms with Gasteiger partial charge in [-0.2, -0.15) is 0 Å². The fourth-order valence-corrected chi connectivity index (χ4v) is 3.18. The zero-order chi connectivity index (χ0) is 14.0. The number of rotatable bonds is 3. The van der Waals surface area contributed by atoms with Crippen molar-refractivity contribution in [3.05, 3.63) is 57.8 Å². The quantitative estimate of drug-likeness (QED) is 0.893. The third-order valence-electron chi connectivity index (χ3n) is 2.30. The van der Waals surface area contributed by atoms with Gasteiger partial charge in [-0.3, -0.25) is 4.72 Å². The van der Waals surface area contributed by atoms with Crippen molar-refractivity contribution in [3.63, 3.8) is 0 Å². The Labute approximate surface area is 123 Å². The molecule has 2 aromatic carbocycles. The van der Waals surface area contributed by atoms with Crippen LogP contribution in [0, 0.1) is 5.82 Å². The lowest BCUT2D eigenvalue weighted by Crippen LogP contribution is -2.13. The van der Waals surface area contributed by atoms with E-state index >= 15 is 0 Å². The van der Waals surface area contributed by atoms with Gasteiger partial charge in [0.1, 0.15) is 5.82 Å². The molecule has 100 valence electrons. The maximum absolute atomic E-state index is 12.9. The third-order valence-corrected chi connectivity index (χ3v) is 4.59. The van der Waals surface area contributed by atoms with Gasteiger partial charge in [0.2, 0.25) is 0 Å². The van der Waals surface area contributed by atoms with Crippen LogP contribution in [0.15, 0.2) is 51.8 Å². The molecule has 0 unspecified atom stereocenters. The standard InChI is InChI=1S/C12H8BrClFNO2S/c13-11-7-9(15)3-6-12(11)16-19(17,18)10-4-1-8(14)2-5-10/h1-7,16H. The lowest BCUT2D eigenvalue weighted by molar-refractivity contribution is 0.601. The van der Waals surface area contributed by atoms with E-state index in [2.05, 4.69) is 20.7 Å². The number of sulfonamides is 1. The van der Waals surface area contributed by atoms with E-state index in [1.165, 1.54) is 42.5 Å². The van der Waals surface area contributed by atoms with Gasteiger partial charge in [-0.05, 0) is 58.4 Å². The van der Waals surface area contributed by atoms with Crippen molar-refractivity contribution in [3.8, 4) is 0 Å². The van der Waals surface area contributed by atoms with Crippen LogP contribution >= 0.6 is 27.5 Å². The van der Waals surface area contributed by atoms with Gasteiger partial charge in [0.15, 0.2) is 0 Å². The number of benzene rings is 2. The Kier molecular flexibility index (Phi) is 4.13. The van der Waals surface area contributed by atoms with Crippen molar-refractivity contribution in [2.75, 3.05) is 4.72 Å². The first-order chi connectivity index (χ1) is 8.88. The van der Waals surface area contributed by atoms with E-state index in [4.69, 9.17) is 11.6 Å². The molecule has 3 nitrogen and oxygen atoms in total. The molecule has 0 radical (unpaired) electrons. The molecule has 0 amide bonds. The average molecular weight is 365 g/mol. The van der Waals surface area contributed by atoms with Crippen LogP contribution in [-0.2, 0) is 10.0 Å². The van der Waals surface area contributed by atoms with Crippen LogP contribution in [0.2, 0.25) is 5.02 Å². The highest BCUT2D eigenvalue weighted by molar-refractivity contribution is 9.10. The Morgan fingerprint density at radius 2 is 1.74 bits per heavy atom. The van der Waals surface area contributed by atoms with Gasteiger partial charge in [-0.25, -0.2) is 12.8 Å². The first kappa shape index (κ1) is 14.3. The number of anilines is 1. The van der Waals surface area contributed by atoms with Crippen LogP contribution in [0.4, 0.5) is 10.1 Å². The lowest BCUT2D eigenvalue weighted by Gasteiger charge is -2.09. The molecular formula is C12H8BrClFNO2S. The smallest absolute Gasteiger partial charge is 0.261 e. The van der Waals surface area contributed by atoms with Crippen molar-refractivity contribution in [1.82, 2.24) is 0 Å². The van der Waals surface area contributed by atoms with Crippen LogP contribution in [0.5, 0.6) is 0 Å². The Morgan fingerprint density at radius 1 is 1.11 bits per heavy atom. The monoisotopic (exact) mass is 363 g/mol. The maximum atomic E-state index is 12.9. The van der Waals surface area contributed by atoms with Crippen LogP contribution < -0.4 is 4.72 Å². The largest absolute Gasteiger partial charge is 0.278 e. The molecule has 0 bridgehead atoms. The first-order valence-corrected chi connectivity index (χ1v) is 7.77. The molecule has 0 atom stereocenters. The molecule has 2 aromatic rings. The second kappa shape index (κ2) is 5.48. The fourth-order valence-electron chi connectivity index (χ4n) is 1.39. The molecule has 0 aliphatic heterocycles. The van der Waals surface area contributed by atoms with E-state index in [1.54, 1.807) is 0 Å². The van der Waals surface area contributed by atoms with E-state index in [0.717, 1.165) is 0 Å². The molecule has 0 saturated heterocycles. The second-order valence-electron chi connectivity index (χ2n) is 3.68. The summed E-state index contributed by atoms with van der Waals surface area (Å²) < 4.78 is 39.8. The Bertz CT molecular complexity index is 704. The van der Waals surface area contributed by atoms with Crippen LogP contribution in [0.1, 0.15) is 0 Å². The predicted octanol–water partition coefficient (Wildman–Crippen LogP) is 4.04. The summed E-state index contributed by atoms with van der Waals surface area (Å²) in [6, 6.07) is 9.44. The topological polar surface area (TPSA) is 46.2 Å². The molecule has 0 aliphatic rings. The Balaban J connectivity index is 2.33. The van der Waals surface area contributed by atoms with Crippen molar-refractivity contribution < 1.29 is 12.8 Å². The van der Waals surface area contributed by atoms with Crippen LogP contribution in [0.25, 0.3) is 0 Å². The van der Waals surface area contributed by atoms with E-state index < -0.39 is 15.8 Å². The molecule has 2 rings (SSSR count).